The summed E-state index contributed by atoms with van der Waals surface area (Å²) in [5.41, 5.74) is 6.80. The van der Waals surface area contributed by atoms with Crippen LogP contribution in [0.4, 0.5) is 10.2 Å². The Morgan fingerprint density at radius 3 is 2.91 bits per heavy atom. The highest BCUT2D eigenvalue weighted by Crippen LogP contribution is 2.33. The fraction of sp³-hybridized carbons (Fsp3) is 0.125. The van der Waals surface area contributed by atoms with E-state index in [1.165, 1.54) is 12.1 Å². The number of hydrogen-bond donors (Lipinski definition) is 4. The second-order valence-electron chi connectivity index (χ2n) is 4.97. The number of nitrogens with one attached hydrogen (secondary N) is 2. The molecule has 3 aromatic rings. The Balaban J connectivity index is 2.25. The first-order valence-electron chi connectivity index (χ1n) is 7.03. The highest BCUT2D eigenvalue weighted by atomic mass is 19.1. The third-order valence-electron chi connectivity index (χ3n) is 3.50. The van der Waals surface area contributed by atoms with Crippen molar-refractivity contribution in [3.63, 3.8) is 0 Å². The number of aliphatic hydroxyl groups is 1. The average Bonchev–Trinajstić information content (AvgIpc) is 2.99. The van der Waals surface area contributed by atoms with E-state index in [0.717, 1.165) is 5.39 Å². The highest BCUT2D eigenvalue weighted by Gasteiger charge is 2.18. The van der Waals surface area contributed by atoms with Crippen molar-refractivity contribution in [2.75, 3.05) is 18.5 Å². The van der Waals surface area contributed by atoms with Crippen LogP contribution in [0.1, 0.15) is 10.4 Å². The van der Waals surface area contributed by atoms with Gasteiger partial charge in [0.25, 0.3) is 5.91 Å². The van der Waals surface area contributed by atoms with Gasteiger partial charge in [-0.3, -0.25) is 4.79 Å². The van der Waals surface area contributed by atoms with Crippen molar-refractivity contribution in [2.24, 2.45) is 5.73 Å². The number of H-pyrrole nitrogens is 1. The fourth-order valence-corrected chi connectivity index (χ4v) is 2.53. The average molecular weight is 314 g/mol. The van der Waals surface area contributed by atoms with Crippen molar-refractivity contribution in [3.8, 4) is 11.1 Å². The van der Waals surface area contributed by atoms with Crippen molar-refractivity contribution in [3.05, 3.63) is 47.9 Å². The number of aromatic nitrogens is 2. The van der Waals surface area contributed by atoms with Crippen LogP contribution >= 0.6 is 0 Å². The molecule has 5 N–H and O–H groups in total. The molecule has 7 heteroatoms. The minimum absolute atomic E-state index is 0.0493. The van der Waals surface area contributed by atoms with Crippen LogP contribution in [0.5, 0.6) is 0 Å². The van der Waals surface area contributed by atoms with Crippen molar-refractivity contribution < 1.29 is 14.3 Å². The molecule has 2 aromatic heterocycles. The number of anilines is 1. The van der Waals surface area contributed by atoms with Gasteiger partial charge in [0, 0.05) is 18.1 Å². The van der Waals surface area contributed by atoms with E-state index in [4.69, 9.17) is 10.8 Å². The molecule has 0 unspecified atom stereocenters. The molecular formula is C16H15FN4O2. The van der Waals surface area contributed by atoms with Crippen LogP contribution in [0.15, 0.2) is 36.5 Å². The maximum Gasteiger partial charge on any atom is 0.252 e. The normalized spacial score (nSPS) is 10.9. The number of nitrogens with zero attached hydrogens (tertiary/aromatic N) is 1. The Kier molecular flexibility index (Phi) is 3.94. The molecule has 0 spiro atoms. The van der Waals surface area contributed by atoms with Crippen molar-refractivity contribution in [2.45, 2.75) is 0 Å². The molecule has 2 heterocycles. The fourth-order valence-electron chi connectivity index (χ4n) is 2.53. The van der Waals surface area contributed by atoms with E-state index in [1.54, 1.807) is 24.4 Å². The lowest BCUT2D eigenvalue weighted by atomic mass is 9.97. The Morgan fingerprint density at radius 1 is 1.35 bits per heavy atom. The minimum atomic E-state index is -0.830. The Bertz CT molecular complexity index is 876. The van der Waals surface area contributed by atoms with Crippen LogP contribution in [-0.2, 0) is 0 Å². The Labute approximate surface area is 131 Å². The predicted octanol–water partition coefficient (Wildman–Crippen LogP) is 1.87. The number of hydrogen-bond acceptors (Lipinski definition) is 4. The number of nitrogens with two attached hydrogens (primary N) is 1. The highest BCUT2D eigenvalue weighted by molar-refractivity contribution is 6.05. The zero-order valence-corrected chi connectivity index (χ0v) is 12.1. The summed E-state index contributed by atoms with van der Waals surface area (Å²) in [4.78, 5) is 19.0. The number of aliphatic hydroxyl groups excluding tert-OH is 1. The number of pyridine rings is 1. The third-order valence-corrected chi connectivity index (χ3v) is 3.50. The summed E-state index contributed by atoms with van der Waals surface area (Å²) < 4.78 is 14.0. The van der Waals surface area contributed by atoms with Crippen LogP contribution in [0.2, 0.25) is 0 Å². The van der Waals surface area contributed by atoms with Crippen LogP contribution in [0.3, 0.4) is 0 Å². The maximum absolute atomic E-state index is 14.0. The molecule has 0 aliphatic rings. The van der Waals surface area contributed by atoms with Crippen LogP contribution in [0.25, 0.3) is 22.2 Å². The lowest BCUT2D eigenvalue weighted by molar-refractivity contribution is 0.0997. The first kappa shape index (κ1) is 15.0. The summed E-state index contributed by atoms with van der Waals surface area (Å²) in [6, 6.07) is 7.86. The molecule has 0 bridgehead atoms. The monoisotopic (exact) mass is 314 g/mol. The summed E-state index contributed by atoms with van der Waals surface area (Å²) in [6.45, 7) is 0.275. The van der Waals surface area contributed by atoms with Crippen LogP contribution in [-0.4, -0.2) is 34.1 Å². The smallest absolute Gasteiger partial charge is 0.252 e. The zero-order chi connectivity index (χ0) is 16.4. The first-order valence-corrected chi connectivity index (χ1v) is 7.03. The zero-order valence-electron chi connectivity index (χ0n) is 12.1. The van der Waals surface area contributed by atoms with Crippen LogP contribution < -0.4 is 11.1 Å². The van der Waals surface area contributed by atoms with E-state index in [1.807, 2.05) is 0 Å². The van der Waals surface area contributed by atoms with Gasteiger partial charge in [-0.1, -0.05) is 12.1 Å². The molecule has 6 nitrogen and oxygen atoms in total. The molecule has 23 heavy (non-hydrogen) atoms. The standard InChI is InChI=1S/C16H15FN4O2/c17-12-3-1-2-9(14(12)15(18)23)11-8-13(19-6-7-22)21-16-10(11)4-5-20-16/h1-5,8,22H,6-7H2,(H2,18,23)(H2,19,20,21). The van der Waals surface area contributed by atoms with Gasteiger partial charge in [0.1, 0.15) is 17.3 Å². The molecule has 0 saturated carbocycles. The van der Waals surface area contributed by atoms with E-state index in [2.05, 4.69) is 15.3 Å². The number of rotatable bonds is 5. The summed E-state index contributed by atoms with van der Waals surface area (Å²) in [6.07, 6.45) is 1.71. The lowest BCUT2D eigenvalue weighted by Gasteiger charge is -2.12. The third kappa shape index (κ3) is 2.74. The number of fused-ring (bicyclic) bond motifs is 1. The first-order chi connectivity index (χ1) is 11.1. The Hall–Kier alpha value is -2.93. The molecule has 0 radical (unpaired) electrons. The molecule has 3 rings (SSSR count). The van der Waals surface area contributed by atoms with Crippen molar-refractivity contribution in [1.29, 1.82) is 0 Å². The van der Waals surface area contributed by atoms with Gasteiger partial charge < -0.3 is 21.1 Å². The number of amides is 1. The van der Waals surface area contributed by atoms with E-state index in [-0.39, 0.29) is 12.2 Å². The van der Waals surface area contributed by atoms with Gasteiger partial charge in [-0.25, -0.2) is 9.37 Å². The predicted molar refractivity (Wildman–Crippen MR) is 85.6 cm³/mol. The summed E-state index contributed by atoms with van der Waals surface area (Å²) in [5, 5.41) is 12.6. The number of benzene rings is 1. The topological polar surface area (TPSA) is 104 Å². The SMILES string of the molecule is NC(=O)c1c(F)cccc1-c1cc(NCCO)nc2[nH]ccc12. The largest absolute Gasteiger partial charge is 0.395 e. The maximum atomic E-state index is 14.0. The van der Waals surface area contributed by atoms with Crippen molar-refractivity contribution in [1.82, 2.24) is 9.97 Å². The molecule has 1 amide bonds. The molecule has 0 saturated heterocycles. The van der Waals surface area contributed by atoms with E-state index < -0.39 is 11.7 Å². The van der Waals surface area contributed by atoms with E-state index in [9.17, 15) is 9.18 Å². The number of primary amides is 1. The summed E-state index contributed by atoms with van der Waals surface area (Å²) in [5.74, 6) is -0.993. The van der Waals surface area contributed by atoms with Crippen LogP contribution in [0, 0.1) is 5.82 Å². The number of carbonyl (C=O) groups excluding carboxylic acids is 1. The molecular weight excluding hydrogens is 299 g/mol. The minimum Gasteiger partial charge on any atom is -0.395 e. The molecule has 0 aliphatic heterocycles. The summed E-state index contributed by atoms with van der Waals surface area (Å²) >= 11 is 0. The molecule has 1 aromatic carbocycles. The number of carbonyl (C=O) groups is 1. The van der Waals surface area contributed by atoms with E-state index >= 15 is 0 Å². The summed E-state index contributed by atoms with van der Waals surface area (Å²) in [7, 11) is 0. The van der Waals surface area contributed by atoms with Gasteiger partial charge in [-0.2, -0.15) is 0 Å². The number of halogens is 1. The second kappa shape index (κ2) is 6.05. The molecule has 118 valence electrons. The van der Waals surface area contributed by atoms with Gasteiger partial charge >= 0.3 is 0 Å². The van der Waals surface area contributed by atoms with Gasteiger partial charge in [0.05, 0.1) is 12.2 Å². The van der Waals surface area contributed by atoms with Gasteiger partial charge in [0.2, 0.25) is 0 Å². The molecule has 0 fully saturated rings. The lowest BCUT2D eigenvalue weighted by Crippen LogP contribution is -2.15. The molecule has 0 atom stereocenters. The van der Waals surface area contributed by atoms with Gasteiger partial charge in [-0.05, 0) is 29.3 Å². The Morgan fingerprint density at radius 2 is 2.17 bits per heavy atom. The second-order valence-corrected chi connectivity index (χ2v) is 4.97. The molecule has 0 aliphatic carbocycles. The van der Waals surface area contributed by atoms with Crippen molar-refractivity contribution >= 4 is 22.8 Å². The van der Waals surface area contributed by atoms with E-state index in [0.29, 0.717) is 29.1 Å². The number of aromatic amines is 1. The quantitative estimate of drug-likeness (QED) is 0.577. The van der Waals surface area contributed by atoms with Gasteiger partial charge in [0.15, 0.2) is 0 Å². The van der Waals surface area contributed by atoms with Gasteiger partial charge in [-0.15, -0.1) is 0 Å².